The number of aryl methyl sites for hydroxylation is 1. The zero-order valence-electron chi connectivity index (χ0n) is 14.9. The third-order valence-electron chi connectivity index (χ3n) is 5.26. The Bertz CT molecular complexity index is 1010. The zero-order valence-corrected chi connectivity index (χ0v) is 14.9. The van der Waals surface area contributed by atoms with Gasteiger partial charge in [0.15, 0.2) is 11.5 Å². The van der Waals surface area contributed by atoms with Crippen LogP contribution < -0.4 is 16.0 Å². The SMILES string of the molecule is O=C1CCCc2ccc(Nc3nc(C4CCNC4)cn4ncnc34)cc2N1. The Kier molecular flexibility index (Phi) is 3.97. The molecule has 0 spiro atoms. The first kappa shape index (κ1) is 16.2. The number of carbonyl (C=O) groups excluding carboxylic acids is 1. The van der Waals surface area contributed by atoms with Crippen molar-refractivity contribution in [1.29, 1.82) is 0 Å². The summed E-state index contributed by atoms with van der Waals surface area (Å²) >= 11 is 0. The van der Waals surface area contributed by atoms with Crippen molar-refractivity contribution in [2.45, 2.75) is 31.6 Å². The van der Waals surface area contributed by atoms with E-state index in [2.05, 4.69) is 32.1 Å². The number of fused-ring (bicyclic) bond motifs is 2. The summed E-state index contributed by atoms with van der Waals surface area (Å²) in [7, 11) is 0. The van der Waals surface area contributed by atoms with Gasteiger partial charge in [-0.05, 0) is 43.5 Å². The van der Waals surface area contributed by atoms with E-state index in [0.717, 1.165) is 55.0 Å². The van der Waals surface area contributed by atoms with Crippen molar-refractivity contribution in [3.05, 3.63) is 42.0 Å². The second-order valence-corrected chi connectivity index (χ2v) is 7.13. The van der Waals surface area contributed by atoms with Crippen LogP contribution in [0.5, 0.6) is 0 Å². The third kappa shape index (κ3) is 3.12. The van der Waals surface area contributed by atoms with Crippen molar-refractivity contribution in [3.8, 4) is 0 Å². The van der Waals surface area contributed by atoms with E-state index in [4.69, 9.17) is 4.98 Å². The van der Waals surface area contributed by atoms with Gasteiger partial charge < -0.3 is 16.0 Å². The van der Waals surface area contributed by atoms with Gasteiger partial charge in [-0.15, -0.1) is 0 Å². The lowest BCUT2D eigenvalue weighted by Crippen LogP contribution is -2.11. The predicted molar refractivity (Wildman–Crippen MR) is 102 cm³/mol. The van der Waals surface area contributed by atoms with Crippen LogP contribution in [0.4, 0.5) is 17.2 Å². The molecular formula is C19H21N7O. The van der Waals surface area contributed by atoms with E-state index < -0.39 is 0 Å². The Balaban J connectivity index is 1.51. The monoisotopic (exact) mass is 363 g/mol. The molecule has 3 N–H and O–H groups in total. The van der Waals surface area contributed by atoms with E-state index in [-0.39, 0.29) is 5.91 Å². The quantitative estimate of drug-likeness (QED) is 0.660. The fraction of sp³-hybridized carbons (Fsp3) is 0.368. The number of hydrogen-bond acceptors (Lipinski definition) is 6. The summed E-state index contributed by atoms with van der Waals surface area (Å²) < 4.78 is 1.77. The molecule has 138 valence electrons. The molecule has 0 radical (unpaired) electrons. The Labute approximate surface area is 156 Å². The van der Waals surface area contributed by atoms with Gasteiger partial charge in [-0.3, -0.25) is 4.79 Å². The van der Waals surface area contributed by atoms with Gasteiger partial charge in [0.1, 0.15) is 6.33 Å². The number of nitrogens with one attached hydrogen (secondary N) is 3. The van der Waals surface area contributed by atoms with Gasteiger partial charge in [-0.25, -0.2) is 14.5 Å². The van der Waals surface area contributed by atoms with Gasteiger partial charge in [0.2, 0.25) is 5.91 Å². The van der Waals surface area contributed by atoms with Crippen LogP contribution in [-0.2, 0) is 11.2 Å². The summed E-state index contributed by atoms with van der Waals surface area (Å²) in [6, 6.07) is 6.06. The van der Waals surface area contributed by atoms with Gasteiger partial charge in [0.25, 0.3) is 0 Å². The molecule has 0 aliphatic carbocycles. The van der Waals surface area contributed by atoms with Crippen LogP contribution in [0.3, 0.4) is 0 Å². The second kappa shape index (κ2) is 6.62. The van der Waals surface area contributed by atoms with Crippen LogP contribution in [0.2, 0.25) is 0 Å². The predicted octanol–water partition coefficient (Wildman–Crippen LogP) is 2.22. The van der Waals surface area contributed by atoms with Gasteiger partial charge in [0, 0.05) is 30.3 Å². The molecule has 1 aromatic carbocycles. The lowest BCUT2D eigenvalue weighted by atomic mass is 10.1. The smallest absolute Gasteiger partial charge is 0.224 e. The molecule has 1 saturated heterocycles. The molecule has 1 unspecified atom stereocenters. The van der Waals surface area contributed by atoms with Crippen LogP contribution in [0.25, 0.3) is 5.65 Å². The summed E-state index contributed by atoms with van der Waals surface area (Å²) in [5.74, 6) is 1.13. The van der Waals surface area contributed by atoms with E-state index in [1.807, 2.05) is 18.3 Å². The van der Waals surface area contributed by atoms with Crippen molar-refractivity contribution in [2.75, 3.05) is 23.7 Å². The molecule has 2 aromatic heterocycles. The minimum absolute atomic E-state index is 0.0691. The number of benzene rings is 1. The minimum Gasteiger partial charge on any atom is -0.337 e. The van der Waals surface area contributed by atoms with E-state index >= 15 is 0 Å². The van der Waals surface area contributed by atoms with E-state index in [1.54, 1.807) is 4.52 Å². The molecule has 5 rings (SSSR count). The molecule has 2 aliphatic rings. The molecule has 3 aromatic rings. The van der Waals surface area contributed by atoms with Crippen LogP contribution >= 0.6 is 0 Å². The topological polar surface area (TPSA) is 96.2 Å². The molecule has 8 heteroatoms. The molecule has 0 bridgehead atoms. The maximum Gasteiger partial charge on any atom is 0.224 e. The van der Waals surface area contributed by atoms with Gasteiger partial charge in [-0.1, -0.05) is 6.07 Å². The highest BCUT2D eigenvalue weighted by Gasteiger charge is 2.21. The van der Waals surface area contributed by atoms with Crippen molar-refractivity contribution in [1.82, 2.24) is 24.9 Å². The van der Waals surface area contributed by atoms with Crippen LogP contribution in [0, 0.1) is 0 Å². The van der Waals surface area contributed by atoms with Gasteiger partial charge in [0.05, 0.1) is 11.9 Å². The van der Waals surface area contributed by atoms with Gasteiger partial charge >= 0.3 is 0 Å². The summed E-state index contributed by atoms with van der Waals surface area (Å²) in [4.78, 5) is 21.0. The second-order valence-electron chi connectivity index (χ2n) is 7.13. The lowest BCUT2D eigenvalue weighted by Gasteiger charge is -2.14. The molecule has 1 amide bonds. The largest absolute Gasteiger partial charge is 0.337 e. The number of anilines is 3. The Morgan fingerprint density at radius 3 is 3.11 bits per heavy atom. The van der Waals surface area contributed by atoms with Gasteiger partial charge in [-0.2, -0.15) is 5.10 Å². The number of aromatic nitrogens is 4. The summed E-state index contributed by atoms with van der Waals surface area (Å²) in [6.07, 6.45) is 6.92. The van der Waals surface area contributed by atoms with Crippen LogP contribution in [-0.4, -0.2) is 38.6 Å². The van der Waals surface area contributed by atoms with Crippen molar-refractivity contribution in [3.63, 3.8) is 0 Å². The average molecular weight is 363 g/mol. The summed E-state index contributed by atoms with van der Waals surface area (Å²) in [5.41, 5.74) is 4.59. The van der Waals surface area contributed by atoms with Crippen molar-refractivity contribution < 1.29 is 4.79 Å². The molecule has 0 saturated carbocycles. The normalized spacial score (nSPS) is 19.6. The van der Waals surface area contributed by atoms with E-state index in [1.165, 1.54) is 6.33 Å². The average Bonchev–Trinajstić information content (AvgIpc) is 3.31. The lowest BCUT2D eigenvalue weighted by molar-refractivity contribution is -0.116. The zero-order chi connectivity index (χ0) is 18.2. The highest BCUT2D eigenvalue weighted by Crippen LogP contribution is 2.29. The molecule has 8 nitrogen and oxygen atoms in total. The van der Waals surface area contributed by atoms with Crippen LogP contribution in [0.15, 0.2) is 30.7 Å². The number of carbonyl (C=O) groups is 1. The highest BCUT2D eigenvalue weighted by molar-refractivity contribution is 5.93. The van der Waals surface area contributed by atoms with E-state index in [0.29, 0.717) is 23.8 Å². The fourth-order valence-electron chi connectivity index (χ4n) is 3.81. The summed E-state index contributed by atoms with van der Waals surface area (Å²) in [5, 5.41) is 14.0. The third-order valence-corrected chi connectivity index (χ3v) is 5.26. The Hall–Kier alpha value is -3.00. The maximum absolute atomic E-state index is 11.9. The first-order valence-electron chi connectivity index (χ1n) is 9.37. The minimum atomic E-state index is 0.0691. The standard InChI is InChI=1S/C19H21N7O/c27-17-3-1-2-12-4-5-14(8-15(12)24-17)23-18-19-21-11-22-26(19)10-16(25-18)13-6-7-20-9-13/h4-5,8,10-11,13,20H,1-3,6-7,9H2,(H,23,25)(H,24,27). The Morgan fingerprint density at radius 2 is 2.22 bits per heavy atom. The first-order chi connectivity index (χ1) is 13.3. The molecule has 1 atom stereocenters. The number of nitrogens with zero attached hydrogens (tertiary/aromatic N) is 4. The van der Waals surface area contributed by atoms with Crippen molar-refractivity contribution >= 4 is 28.7 Å². The van der Waals surface area contributed by atoms with Crippen molar-refractivity contribution in [2.24, 2.45) is 0 Å². The molecule has 2 aliphatic heterocycles. The number of amides is 1. The highest BCUT2D eigenvalue weighted by atomic mass is 16.1. The Morgan fingerprint density at radius 1 is 1.26 bits per heavy atom. The molecule has 1 fully saturated rings. The molecule has 27 heavy (non-hydrogen) atoms. The fourth-order valence-corrected chi connectivity index (χ4v) is 3.81. The number of hydrogen-bond donors (Lipinski definition) is 3. The maximum atomic E-state index is 11.9. The van der Waals surface area contributed by atoms with Crippen LogP contribution in [0.1, 0.15) is 36.4 Å². The first-order valence-corrected chi connectivity index (χ1v) is 9.37. The molecule has 4 heterocycles. The summed E-state index contributed by atoms with van der Waals surface area (Å²) in [6.45, 7) is 1.94. The van der Waals surface area contributed by atoms with E-state index in [9.17, 15) is 4.79 Å². The number of rotatable bonds is 3. The molecular weight excluding hydrogens is 342 g/mol.